The number of likely N-dealkylation sites (tertiary alicyclic amines) is 1. The number of hydrogen-bond donors (Lipinski definition) is 1. The highest BCUT2D eigenvalue weighted by molar-refractivity contribution is 6.25. The molecule has 0 spiro atoms. The smallest absolute Gasteiger partial charge is 0.263 e. The highest BCUT2D eigenvalue weighted by Crippen LogP contribution is 2.33. The van der Waals surface area contributed by atoms with Crippen molar-refractivity contribution in [1.29, 1.82) is 0 Å². The van der Waals surface area contributed by atoms with Crippen LogP contribution in [0, 0.1) is 5.92 Å². The number of aliphatic imine (C=N–C) groups is 1. The Kier molecular flexibility index (Phi) is 7.49. The van der Waals surface area contributed by atoms with Crippen molar-refractivity contribution >= 4 is 17.2 Å². The number of rotatable bonds is 7. The zero-order valence-corrected chi connectivity index (χ0v) is 21.2. The largest absolute Gasteiger partial charge is 0.497 e. The highest BCUT2D eigenvalue weighted by atomic mass is 16.5. The molecular weight excluding hydrogens is 464 g/mol. The Morgan fingerprint density at radius 2 is 1.73 bits per heavy atom. The molecule has 0 saturated carbocycles. The maximum absolute atomic E-state index is 13.1. The summed E-state index contributed by atoms with van der Waals surface area (Å²) < 4.78 is 11.4. The number of pyridine rings is 1. The van der Waals surface area contributed by atoms with E-state index in [0.717, 1.165) is 41.0 Å². The molecule has 190 valence electrons. The van der Waals surface area contributed by atoms with E-state index in [1.54, 1.807) is 19.5 Å². The molecule has 1 fully saturated rings. The molecule has 0 radical (unpaired) electrons. The third-order valence-electron chi connectivity index (χ3n) is 6.93. The normalized spacial score (nSPS) is 18.8. The lowest BCUT2D eigenvalue weighted by Gasteiger charge is -2.36. The second-order valence-electron chi connectivity index (χ2n) is 9.33. The average Bonchev–Trinajstić information content (AvgIpc) is 2.97. The molecule has 3 aromatic rings. The predicted octanol–water partition coefficient (Wildman–Crippen LogP) is 4.88. The first-order chi connectivity index (χ1) is 18.1. The molecule has 0 bridgehead atoms. The molecule has 7 nitrogen and oxygen atoms in total. The van der Waals surface area contributed by atoms with Crippen molar-refractivity contribution in [2.75, 3.05) is 20.2 Å². The molecule has 37 heavy (non-hydrogen) atoms. The number of ether oxygens (including phenoxy) is 2. The van der Waals surface area contributed by atoms with Crippen LogP contribution in [0.15, 0.2) is 90.3 Å². The van der Waals surface area contributed by atoms with E-state index < -0.39 is 6.10 Å². The Balaban J connectivity index is 1.33. The Morgan fingerprint density at radius 1 is 1.00 bits per heavy atom. The van der Waals surface area contributed by atoms with Gasteiger partial charge in [0.1, 0.15) is 17.7 Å². The van der Waals surface area contributed by atoms with Crippen molar-refractivity contribution in [1.82, 2.24) is 15.2 Å². The second-order valence-corrected chi connectivity index (χ2v) is 9.33. The number of carbonyl (C=O) groups excluding carboxylic acids is 1. The van der Waals surface area contributed by atoms with Gasteiger partial charge in [-0.1, -0.05) is 30.3 Å². The monoisotopic (exact) mass is 496 g/mol. The van der Waals surface area contributed by atoms with E-state index in [4.69, 9.17) is 14.5 Å². The van der Waals surface area contributed by atoms with Gasteiger partial charge in [-0.15, -0.1) is 0 Å². The van der Waals surface area contributed by atoms with Gasteiger partial charge in [-0.05, 0) is 67.3 Å². The first-order valence-electron chi connectivity index (χ1n) is 12.7. The van der Waals surface area contributed by atoms with Gasteiger partial charge in [0.05, 0.1) is 12.8 Å². The molecule has 0 aliphatic carbocycles. The van der Waals surface area contributed by atoms with Gasteiger partial charge in [-0.2, -0.15) is 0 Å². The fourth-order valence-corrected chi connectivity index (χ4v) is 4.93. The minimum absolute atomic E-state index is 0.0211. The third kappa shape index (κ3) is 5.66. The van der Waals surface area contributed by atoms with Gasteiger partial charge >= 0.3 is 0 Å². The Hall–Kier alpha value is -4.13. The molecule has 7 heteroatoms. The Bertz CT molecular complexity index is 1270. The van der Waals surface area contributed by atoms with Crippen LogP contribution < -0.4 is 14.8 Å². The van der Waals surface area contributed by atoms with Gasteiger partial charge in [0.25, 0.3) is 5.91 Å². The SMILES string of the molecule is COc1cccc(C2=CNC(c3ccncc3)N=C2C2CCN(C(=O)C(C)Oc3ccccc3)CC2)c1. The van der Waals surface area contributed by atoms with E-state index in [1.807, 2.05) is 72.5 Å². The van der Waals surface area contributed by atoms with Crippen molar-refractivity contribution in [2.24, 2.45) is 10.9 Å². The summed E-state index contributed by atoms with van der Waals surface area (Å²) in [5.74, 6) is 1.77. The zero-order valence-electron chi connectivity index (χ0n) is 21.2. The number of para-hydroxylation sites is 1. The fraction of sp³-hybridized carbons (Fsp3) is 0.300. The van der Waals surface area contributed by atoms with Crippen LogP contribution in [0.3, 0.4) is 0 Å². The van der Waals surface area contributed by atoms with Crippen molar-refractivity contribution in [3.63, 3.8) is 0 Å². The number of nitrogens with one attached hydrogen (secondary N) is 1. The molecule has 2 unspecified atom stereocenters. The molecule has 5 rings (SSSR count). The maximum Gasteiger partial charge on any atom is 0.263 e. The van der Waals surface area contributed by atoms with Crippen LogP contribution in [-0.2, 0) is 4.79 Å². The van der Waals surface area contributed by atoms with Crippen LogP contribution in [-0.4, -0.2) is 47.8 Å². The van der Waals surface area contributed by atoms with Crippen molar-refractivity contribution in [3.8, 4) is 11.5 Å². The lowest BCUT2D eigenvalue weighted by atomic mass is 9.84. The van der Waals surface area contributed by atoms with Crippen LogP contribution in [0.2, 0.25) is 0 Å². The summed E-state index contributed by atoms with van der Waals surface area (Å²) in [4.78, 5) is 24.4. The molecule has 2 aromatic carbocycles. The number of carbonyl (C=O) groups is 1. The van der Waals surface area contributed by atoms with Crippen molar-refractivity contribution < 1.29 is 14.3 Å². The molecule has 2 atom stereocenters. The fourth-order valence-electron chi connectivity index (χ4n) is 4.93. The van der Waals surface area contributed by atoms with Gasteiger partial charge in [-0.25, -0.2) is 0 Å². The average molecular weight is 497 g/mol. The van der Waals surface area contributed by atoms with E-state index in [-0.39, 0.29) is 18.0 Å². The molecule has 1 N–H and O–H groups in total. The molecule has 2 aliphatic heterocycles. The number of benzene rings is 2. The molecule has 1 saturated heterocycles. The van der Waals surface area contributed by atoms with Gasteiger partial charge in [0.2, 0.25) is 0 Å². The van der Waals surface area contributed by atoms with E-state index in [1.165, 1.54) is 0 Å². The number of aromatic nitrogens is 1. The number of nitrogens with zero attached hydrogens (tertiary/aromatic N) is 3. The number of allylic oxidation sites excluding steroid dienone is 1. The topological polar surface area (TPSA) is 76.0 Å². The lowest BCUT2D eigenvalue weighted by Crippen LogP contribution is -2.46. The van der Waals surface area contributed by atoms with Gasteiger partial charge < -0.3 is 19.7 Å². The molecule has 1 amide bonds. The van der Waals surface area contributed by atoms with Gasteiger partial charge in [0, 0.05) is 43.2 Å². The maximum atomic E-state index is 13.1. The molecule has 2 aliphatic rings. The Morgan fingerprint density at radius 3 is 2.46 bits per heavy atom. The van der Waals surface area contributed by atoms with E-state index in [9.17, 15) is 4.79 Å². The minimum atomic E-state index is -0.529. The molecule has 3 heterocycles. The summed E-state index contributed by atoms with van der Waals surface area (Å²) >= 11 is 0. The number of piperidine rings is 1. The lowest BCUT2D eigenvalue weighted by molar-refractivity contribution is -0.139. The quantitative estimate of drug-likeness (QED) is 0.505. The molecule has 1 aromatic heterocycles. The van der Waals surface area contributed by atoms with Crippen LogP contribution in [0.4, 0.5) is 0 Å². The molecular formula is C30H32N4O3. The van der Waals surface area contributed by atoms with Crippen LogP contribution in [0.25, 0.3) is 5.57 Å². The summed E-state index contributed by atoms with van der Waals surface area (Å²) in [7, 11) is 1.68. The summed E-state index contributed by atoms with van der Waals surface area (Å²) in [5, 5.41) is 3.46. The minimum Gasteiger partial charge on any atom is -0.497 e. The first kappa shape index (κ1) is 24.6. The van der Waals surface area contributed by atoms with Crippen LogP contribution in [0.1, 0.15) is 37.1 Å². The van der Waals surface area contributed by atoms with Crippen molar-refractivity contribution in [3.05, 3.63) is 96.5 Å². The standard InChI is InChI=1S/C30H32N4O3/c1-21(37-25-8-4-3-5-9-25)30(35)34-17-13-22(14-18-34)28-27(24-7-6-10-26(19-24)36-2)20-32-29(33-28)23-11-15-31-16-12-23/h3-12,15-16,19-22,29,32H,13-14,17-18H2,1-2H3. The summed E-state index contributed by atoms with van der Waals surface area (Å²) in [6, 6.07) is 21.5. The Labute approximate surface area is 217 Å². The van der Waals surface area contributed by atoms with Gasteiger partial charge in [0.15, 0.2) is 6.10 Å². The first-order valence-corrected chi connectivity index (χ1v) is 12.7. The van der Waals surface area contributed by atoms with Crippen LogP contribution in [0.5, 0.6) is 11.5 Å². The van der Waals surface area contributed by atoms with Crippen molar-refractivity contribution in [2.45, 2.75) is 32.0 Å². The number of amides is 1. The highest BCUT2D eigenvalue weighted by Gasteiger charge is 2.32. The van der Waals surface area contributed by atoms with Gasteiger partial charge in [-0.3, -0.25) is 14.8 Å². The summed E-state index contributed by atoms with van der Waals surface area (Å²) in [6.45, 7) is 3.16. The van der Waals surface area contributed by atoms with E-state index in [0.29, 0.717) is 18.8 Å². The predicted molar refractivity (Wildman–Crippen MR) is 144 cm³/mol. The number of methoxy groups -OCH3 is 1. The van der Waals surface area contributed by atoms with Crippen LogP contribution >= 0.6 is 0 Å². The zero-order chi connectivity index (χ0) is 25.6. The summed E-state index contributed by atoms with van der Waals surface area (Å²) in [6.07, 6.45) is 6.62. The van der Waals surface area contributed by atoms with E-state index >= 15 is 0 Å². The third-order valence-corrected chi connectivity index (χ3v) is 6.93. The second kappa shape index (κ2) is 11.3. The summed E-state index contributed by atoms with van der Waals surface area (Å²) in [5.41, 5.74) is 4.25. The number of hydrogen-bond acceptors (Lipinski definition) is 6. The van der Waals surface area contributed by atoms with E-state index in [2.05, 4.69) is 22.6 Å².